The van der Waals surface area contributed by atoms with Gasteiger partial charge in [-0.05, 0) is 24.1 Å². The maximum Gasteiger partial charge on any atom is 0.149 e. The smallest absolute Gasteiger partial charge is 0.149 e. The molecule has 0 unspecified atom stereocenters. The molecule has 0 heterocycles. The van der Waals surface area contributed by atoms with Gasteiger partial charge in [0.2, 0.25) is 0 Å². The van der Waals surface area contributed by atoms with E-state index in [0.717, 1.165) is 6.07 Å². The highest BCUT2D eigenvalue weighted by Gasteiger charge is 2.15. The quantitative estimate of drug-likeness (QED) is 0.807. The van der Waals surface area contributed by atoms with Crippen LogP contribution < -0.4 is 11.1 Å². The highest BCUT2D eigenvalue weighted by molar-refractivity contribution is 5.44. The third-order valence-electron chi connectivity index (χ3n) is 2.24. The minimum Gasteiger partial charge on any atom is -0.382 e. The van der Waals surface area contributed by atoms with E-state index >= 15 is 0 Å². The average molecular weight is 214 g/mol. The minimum absolute atomic E-state index is 0.110. The van der Waals surface area contributed by atoms with E-state index in [0.29, 0.717) is 18.8 Å². The van der Waals surface area contributed by atoms with E-state index in [1.54, 1.807) is 0 Å². The molecule has 0 aliphatic heterocycles. The van der Waals surface area contributed by atoms with Gasteiger partial charge in [-0.15, -0.1) is 0 Å². The summed E-state index contributed by atoms with van der Waals surface area (Å²) in [4.78, 5) is 0. The summed E-state index contributed by atoms with van der Waals surface area (Å²) < 4.78 is 25.8. The zero-order valence-corrected chi connectivity index (χ0v) is 8.98. The van der Waals surface area contributed by atoms with Crippen LogP contribution in [-0.4, -0.2) is 13.1 Å². The Labute approximate surface area is 88.5 Å². The van der Waals surface area contributed by atoms with Gasteiger partial charge in [0.25, 0.3) is 0 Å². The number of nitrogens with two attached hydrogens (primary N) is 1. The number of hydrogen-bond acceptors (Lipinski definition) is 2. The Morgan fingerprint density at radius 2 is 2.00 bits per heavy atom. The van der Waals surface area contributed by atoms with Gasteiger partial charge in [-0.25, -0.2) is 8.78 Å². The summed E-state index contributed by atoms with van der Waals surface area (Å²) >= 11 is 0. The molecule has 0 fully saturated rings. The summed E-state index contributed by atoms with van der Waals surface area (Å²) in [6.45, 7) is 5.00. The Morgan fingerprint density at radius 1 is 1.33 bits per heavy atom. The van der Waals surface area contributed by atoms with Gasteiger partial charge in [0.15, 0.2) is 0 Å². The second kappa shape index (κ2) is 4.57. The Balaban J connectivity index is 2.66. The Morgan fingerprint density at radius 3 is 2.53 bits per heavy atom. The van der Waals surface area contributed by atoms with Crippen molar-refractivity contribution in [2.45, 2.75) is 13.8 Å². The molecule has 84 valence electrons. The standard InChI is InChI=1S/C11H16F2N2/c1-11(2,6-14)7-15-10-4-3-8(12)5-9(10)13/h3-5,15H,6-7,14H2,1-2H3. The lowest BCUT2D eigenvalue weighted by Gasteiger charge is -2.23. The van der Waals surface area contributed by atoms with Crippen molar-refractivity contribution in [2.75, 3.05) is 18.4 Å². The van der Waals surface area contributed by atoms with E-state index in [-0.39, 0.29) is 5.41 Å². The molecule has 0 radical (unpaired) electrons. The van der Waals surface area contributed by atoms with Gasteiger partial charge < -0.3 is 11.1 Å². The van der Waals surface area contributed by atoms with Crippen LogP contribution in [0.2, 0.25) is 0 Å². The predicted molar refractivity (Wildman–Crippen MR) is 57.7 cm³/mol. The predicted octanol–water partition coefficient (Wildman–Crippen LogP) is 2.36. The molecule has 15 heavy (non-hydrogen) atoms. The monoisotopic (exact) mass is 214 g/mol. The van der Waals surface area contributed by atoms with Gasteiger partial charge in [-0.2, -0.15) is 0 Å². The molecule has 0 aliphatic carbocycles. The van der Waals surface area contributed by atoms with Gasteiger partial charge in [0.1, 0.15) is 11.6 Å². The second-order valence-corrected chi connectivity index (χ2v) is 4.35. The molecular weight excluding hydrogens is 198 g/mol. The number of anilines is 1. The topological polar surface area (TPSA) is 38.0 Å². The number of hydrogen-bond donors (Lipinski definition) is 2. The second-order valence-electron chi connectivity index (χ2n) is 4.35. The molecule has 0 spiro atoms. The maximum atomic E-state index is 13.2. The fourth-order valence-corrected chi connectivity index (χ4v) is 1.04. The molecule has 0 aromatic heterocycles. The normalized spacial score (nSPS) is 11.5. The van der Waals surface area contributed by atoms with E-state index in [1.807, 2.05) is 13.8 Å². The van der Waals surface area contributed by atoms with Crippen molar-refractivity contribution in [1.82, 2.24) is 0 Å². The molecule has 0 bridgehead atoms. The van der Waals surface area contributed by atoms with Crippen LogP contribution >= 0.6 is 0 Å². The number of rotatable bonds is 4. The third-order valence-corrected chi connectivity index (χ3v) is 2.24. The average Bonchev–Trinajstić information content (AvgIpc) is 2.16. The van der Waals surface area contributed by atoms with Gasteiger partial charge in [-0.3, -0.25) is 0 Å². The zero-order valence-electron chi connectivity index (χ0n) is 8.98. The fourth-order valence-electron chi connectivity index (χ4n) is 1.04. The summed E-state index contributed by atoms with van der Waals surface area (Å²) in [5, 5.41) is 2.91. The molecule has 4 heteroatoms. The molecule has 0 saturated heterocycles. The van der Waals surface area contributed by atoms with Crippen molar-refractivity contribution in [3.63, 3.8) is 0 Å². The molecule has 1 aromatic carbocycles. The molecular formula is C11H16F2N2. The summed E-state index contributed by atoms with van der Waals surface area (Å²) in [5.41, 5.74) is 5.73. The van der Waals surface area contributed by atoms with E-state index < -0.39 is 11.6 Å². The van der Waals surface area contributed by atoms with Crippen molar-refractivity contribution >= 4 is 5.69 Å². The van der Waals surface area contributed by atoms with Gasteiger partial charge >= 0.3 is 0 Å². The van der Waals surface area contributed by atoms with Crippen molar-refractivity contribution in [2.24, 2.45) is 11.1 Å². The lowest BCUT2D eigenvalue weighted by atomic mass is 9.94. The Bertz CT molecular complexity index is 337. The summed E-state index contributed by atoms with van der Waals surface area (Å²) in [5.74, 6) is -1.15. The summed E-state index contributed by atoms with van der Waals surface area (Å²) in [7, 11) is 0. The van der Waals surface area contributed by atoms with Crippen LogP contribution in [0.3, 0.4) is 0 Å². The van der Waals surface area contributed by atoms with Crippen LogP contribution in [0.1, 0.15) is 13.8 Å². The Kier molecular flexibility index (Phi) is 3.63. The highest BCUT2D eigenvalue weighted by atomic mass is 19.1. The number of halogens is 2. The van der Waals surface area contributed by atoms with Gasteiger partial charge in [0.05, 0.1) is 5.69 Å². The Hall–Kier alpha value is -1.16. The highest BCUT2D eigenvalue weighted by Crippen LogP contribution is 2.18. The lowest BCUT2D eigenvalue weighted by Crippen LogP contribution is -2.31. The molecule has 0 atom stereocenters. The largest absolute Gasteiger partial charge is 0.382 e. The van der Waals surface area contributed by atoms with Crippen LogP contribution in [0.4, 0.5) is 14.5 Å². The van der Waals surface area contributed by atoms with Crippen molar-refractivity contribution < 1.29 is 8.78 Å². The first-order chi connectivity index (χ1) is 6.94. The zero-order chi connectivity index (χ0) is 11.5. The number of nitrogens with one attached hydrogen (secondary N) is 1. The molecule has 1 rings (SSSR count). The summed E-state index contributed by atoms with van der Waals surface area (Å²) in [6.07, 6.45) is 0. The third kappa shape index (κ3) is 3.47. The first-order valence-electron chi connectivity index (χ1n) is 4.83. The molecule has 3 N–H and O–H groups in total. The molecule has 2 nitrogen and oxygen atoms in total. The van der Waals surface area contributed by atoms with Crippen LogP contribution in [0.5, 0.6) is 0 Å². The van der Waals surface area contributed by atoms with Crippen molar-refractivity contribution in [3.8, 4) is 0 Å². The maximum absolute atomic E-state index is 13.2. The van der Waals surface area contributed by atoms with Gasteiger partial charge in [0, 0.05) is 12.6 Å². The SMILES string of the molecule is CC(C)(CN)CNc1ccc(F)cc1F. The van der Waals surface area contributed by atoms with E-state index in [9.17, 15) is 8.78 Å². The van der Waals surface area contributed by atoms with Gasteiger partial charge in [-0.1, -0.05) is 13.8 Å². The lowest BCUT2D eigenvalue weighted by molar-refractivity contribution is 0.405. The molecule has 0 amide bonds. The number of benzene rings is 1. The van der Waals surface area contributed by atoms with E-state index in [2.05, 4.69) is 5.32 Å². The fraction of sp³-hybridized carbons (Fsp3) is 0.455. The first-order valence-corrected chi connectivity index (χ1v) is 4.83. The van der Waals surface area contributed by atoms with Crippen LogP contribution in [0.25, 0.3) is 0 Å². The van der Waals surface area contributed by atoms with E-state index in [1.165, 1.54) is 12.1 Å². The van der Waals surface area contributed by atoms with Crippen LogP contribution in [0, 0.1) is 17.0 Å². The van der Waals surface area contributed by atoms with Crippen molar-refractivity contribution in [1.29, 1.82) is 0 Å². The first kappa shape index (κ1) is 11.9. The molecule has 0 aliphatic rings. The van der Waals surface area contributed by atoms with Crippen molar-refractivity contribution in [3.05, 3.63) is 29.8 Å². The van der Waals surface area contributed by atoms with E-state index in [4.69, 9.17) is 5.73 Å². The summed E-state index contributed by atoms with van der Waals surface area (Å²) in [6, 6.07) is 3.47. The van der Waals surface area contributed by atoms with Crippen LogP contribution in [0.15, 0.2) is 18.2 Å². The minimum atomic E-state index is -0.581. The molecule has 1 aromatic rings. The molecule has 0 saturated carbocycles. The van der Waals surface area contributed by atoms with Crippen LogP contribution in [-0.2, 0) is 0 Å².